The fourth-order valence-corrected chi connectivity index (χ4v) is 1.09. The van der Waals surface area contributed by atoms with Crippen molar-refractivity contribution in [2.75, 3.05) is 14.2 Å². The molecule has 0 heterocycles. The van der Waals surface area contributed by atoms with E-state index in [1.54, 1.807) is 32.4 Å². The van der Waals surface area contributed by atoms with Gasteiger partial charge in [-0.1, -0.05) is 6.07 Å². The number of nitrogens with two attached hydrogens (primary N) is 2. The molecule has 0 aromatic heterocycles. The Hall–Kier alpha value is -1.95. The Morgan fingerprint density at radius 1 is 1.27 bits per heavy atom. The van der Waals surface area contributed by atoms with Crippen molar-refractivity contribution >= 4 is 11.6 Å². The van der Waals surface area contributed by atoms with Crippen molar-refractivity contribution in [1.29, 1.82) is 0 Å². The summed E-state index contributed by atoms with van der Waals surface area (Å²) < 4.78 is 10.2. The molecule has 1 rings (SSSR count). The van der Waals surface area contributed by atoms with E-state index in [0.717, 1.165) is 0 Å². The summed E-state index contributed by atoms with van der Waals surface area (Å²) in [6.45, 7) is 0. The van der Waals surface area contributed by atoms with Gasteiger partial charge in [0.15, 0.2) is 5.69 Å². The molecule has 0 saturated heterocycles. The second kappa shape index (κ2) is 5.06. The van der Waals surface area contributed by atoms with Gasteiger partial charge in [-0.15, -0.1) is 0 Å². The van der Waals surface area contributed by atoms with Crippen molar-refractivity contribution in [3.63, 3.8) is 0 Å². The smallest absolute Gasteiger partial charge is 0.208 e. The number of benzene rings is 1. The predicted octanol–water partition coefficient (Wildman–Crippen LogP) is 0.113. The molecule has 0 radical (unpaired) electrons. The van der Waals surface area contributed by atoms with Crippen LogP contribution < -0.4 is 26.5 Å². The summed E-state index contributed by atoms with van der Waals surface area (Å²) in [5, 5.41) is 0. The zero-order valence-electron chi connectivity index (χ0n) is 8.65. The summed E-state index contributed by atoms with van der Waals surface area (Å²) in [6.07, 6.45) is 0. The van der Waals surface area contributed by atoms with Crippen LogP contribution >= 0.6 is 0 Å². The monoisotopic (exact) mass is 210 g/mol. The van der Waals surface area contributed by atoms with E-state index in [2.05, 4.69) is 10.4 Å². The predicted molar refractivity (Wildman–Crippen MR) is 58.2 cm³/mol. The normalized spacial score (nSPS) is 11.0. The lowest BCUT2D eigenvalue weighted by Crippen LogP contribution is -2.36. The number of nitrogens with one attached hydrogen (secondary N) is 1. The van der Waals surface area contributed by atoms with Crippen molar-refractivity contribution < 1.29 is 9.47 Å². The zero-order chi connectivity index (χ0) is 11.3. The Labute approximate surface area is 87.8 Å². The molecule has 5 N–H and O–H groups in total. The van der Waals surface area contributed by atoms with E-state index in [0.29, 0.717) is 17.2 Å². The number of nitrogens with zero attached hydrogens (tertiary/aromatic N) is 1. The highest BCUT2D eigenvalue weighted by molar-refractivity contribution is 5.82. The number of rotatable bonds is 3. The fraction of sp³-hybridized carbons (Fsp3) is 0.222. The fourth-order valence-electron chi connectivity index (χ4n) is 1.09. The third kappa shape index (κ3) is 2.50. The van der Waals surface area contributed by atoms with Crippen molar-refractivity contribution in [3.8, 4) is 11.5 Å². The highest BCUT2D eigenvalue weighted by Crippen LogP contribution is 2.36. The molecule has 0 aliphatic heterocycles. The number of para-hydroxylation sites is 1. The number of hydrogen-bond donors (Lipinski definition) is 3. The molecular formula is C9H14N4O2. The molecule has 0 atom stereocenters. The molecule has 0 bridgehead atoms. The van der Waals surface area contributed by atoms with Crippen LogP contribution in [0.3, 0.4) is 0 Å². The average Bonchev–Trinajstić information content (AvgIpc) is 2.29. The van der Waals surface area contributed by atoms with Crippen LogP contribution in [0, 0.1) is 0 Å². The minimum absolute atomic E-state index is 0.0813. The SMILES string of the molecule is COc1cccc(OC)c1N=C(N)NN. The van der Waals surface area contributed by atoms with Crippen molar-refractivity contribution in [1.82, 2.24) is 5.43 Å². The van der Waals surface area contributed by atoms with Crippen LogP contribution in [0.15, 0.2) is 23.2 Å². The van der Waals surface area contributed by atoms with Gasteiger partial charge in [0.2, 0.25) is 5.96 Å². The first-order valence-corrected chi connectivity index (χ1v) is 4.24. The summed E-state index contributed by atoms with van der Waals surface area (Å²) in [6, 6.07) is 5.30. The molecule has 15 heavy (non-hydrogen) atoms. The number of methoxy groups -OCH3 is 2. The van der Waals surface area contributed by atoms with Crippen molar-refractivity contribution in [2.45, 2.75) is 0 Å². The summed E-state index contributed by atoms with van der Waals surface area (Å²) in [5.41, 5.74) is 8.19. The summed E-state index contributed by atoms with van der Waals surface area (Å²) in [7, 11) is 3.08. The Morgan fingerprint density at radius 2 is 1.80 bits per heavy atom. The Morgan fingerprint density at radius 3 is 2.20 bits per heavy atom. The maximum absolute atomic E-state index is 5.45. The second-order valence-corrected chi connectivity index (χ2v) is 2.65. The van der Waals surface area contributed by atoms with Gasteiger partial charge in [0.1, 0.15) is 11.5 Å². The molecule has 0 saturated carbocycles. The molecule has 6 heteroatoms. The van der Waals surface area contributed by atoms with E-state index < -0.39 is 0 Å². The van der Waals surface area contributed by atoms with E-state index in [9.17, 15) is 0 Å². The number of aliphatic imine (C=N–C) groups is 1. The van der Waals surface area contributed by atoms with Gasteiger partial charge in [-0.25, -0.2) is 10.8 Å². The number of hydrazine groups is 1. The van der Waals surface area contributed by atoms with Crippen molar-refractivity contribution in [2.24, 2.45) is 16.6 Å². The molecule has 6 nitrogen and oxygen atoms in total. The van der Waals surface area contributed by atoms with E-state index in [1.165, 1.54) is 0 Å². The summed E-state index contributed by atoms with van der Waals surface area (Å²) >= 11 is 0. The van der Waals surface area contributed by atoms with Crippen molar-refractivity contribution in [3.05, 3.63) is 18.2 Å². The van der Waals surface area contributed by atoms with Gasteiger partial charge in [0.05, 0.1) is 14.2 Å². The molecule has 0 amide bonds. The molecule has 82 valence electrons. The van der Waals surface area contributed by atoms with Gasteiger partial charge < -0.3 is 15.2 Å². The summed E-state index contributed by atoms with van der Waals surface area (Å²) in [5.74, 6) is 6.32. The van der Waals surface area contributed by atoms with Crippen LogP contribution in [-0.4, -0.2) is 20.2 Å². The molecule has 1 aromatic rings. The van der Waals surface area contributed by atoms with Gasteiger partial charge >= 0.3 is 0 Å². The van der Waals surface area contributed by atoms with Crippen LogP contribution in [0.25, 0.3) is 0 Å². The first kappa shape index (κ1) is 11.1. The summed E-state index contributed by atoms with van der Waals surface area (Å²) in [4.78, 5) is 4.03. The Balaban J connectivity index is 3.22. The van der Waals surface area contributed by atoms with E-state index in [1.807, 2.05) is 0 Å². The lowest BCUT2D eigenvalue weighted by molar-refractivity contribution is 0.397. The maximum Gasteiger partial charge on any atom is 0.208 e. The lowest BCUT2D eigenvalue weighted by atomic mass is 10.2. The van der Waals surface area contributed by atoms with E-state index >= 15 is 0 Å². The van der Waals surface area contributed by atoms with Gasteiger partial charge in [0.25, 0.3) is 0 Å². The minimum atomic E-state index is 0.0813. The molecule has 1 aromatic carbocycles. The molecule has 0 spiro atoms. The molecule has 0 unspecified atom stereocenters. The second-order valence-electron chi connectivity index (χ2n) is 2.65. The third-order valence-electron chi connectivity index (χ3n) is 1.78. The maximum atomic E-state index is 5.45. The molecule has 0 aliphatic carbocycles. The van der Waals surface area contributed by atoms with Crippen LogP contribution in [0.4, 0.5) is 5.69 Å². The van der Waals surface area contributed by atoms with Gasteiger partial charge in [-0.05, 0) is 12.1 Å². The highest BCUT2D eigenvalue weighted by atomic mass is 16.5. The lowest BCUT2D eigenvalue weighted by Gasteiger charge is -2.09. The third-order valence-corrected chi connectivity index (χ3v) is 1.78. The van der Waals surface area contributed by atoms with Gasteiger partial charge in [-0.2, -0.15) is 0 Å². The van der Waals surface area contributed by atoms with Crippen LogP contribution in [0.5, 0.6) is 11.5 Å². The van der Waals surface area contributed by atoms with Crippen LogP contribution in [0.1, 0.15) is 0 Å². The minimum Gasteiger partial charge on any atom is -0.494 e. The van der Waals surface area contributed by atoms with Gasteiger partial charge in [0, 0.05) is 0 Å². The number of guanidine groups is 1. The highest BCUT2D eigenvalue weighted by Gasteiger charge is 2.08. The van der Waals surface area contributed by atoms with Crippen LogP contribution in [0.2, 0.25) is 0 Å². The Bertz CT molecular complexity index is 343. The zero-order valence-corrected chi connectivity index (χ0v) is 8.65. The standard InChI is InChI=1S/C9H14N4O2/c1-14-6-4-3-5-7(15-2)8(6)12-9(10)13-11/h3-5H,11H2,1-2H3,(H3,10,12,13). The van der Waals surface area contributed by atoms with E-state index in [4.69, 9.17) is 21.1 Å². The first-order valence-electron chi connectivity index (χ1n) is 4.24. The number of ether oxygens (including phenoxy) is 2. The number of hydrogen-bond acceptors (Lipinski definition) is 4. The average molecular weight is 210 g/mol. The van der Waals surface area contributed by atoms with Gasteiger partial charge in [-0.3, -0.25) is 5.43 Å². The first-order chi connectivity index (χ1) is 7.22. The quantitative estimate of drug-likeness (QED) is 0.285. The molecule has 0 aliphatic rings. The molecular weight excluding hydrogens is 196 g/mol. The molecule has 0 fully saturated rings. The topological polar surface area (TPSA) is 94.9 Å². The van der Waals surface area contributed by atoms with E-state index in [-0.39, 0.29) is 5.96 Å². The van der Waals surface area contributed by atoms with Crippen LogP contribution in [-0.2, 0) is 0 Å². The Kier molecular flexibility index (Phi) is 3.75. The largest absolute Gasteiger partial charge is 0.494 e.